The summed E-state index contributed by atoms with van der Waals surface area (Å²) in [5.74, 6) is -0.0699. The summed E-state index contributed by atoms with van der Waals surface area (Å²) in [7, 11) is 3.18. The Morgan fingerprint density at radius 2 is 2.12 bits per heavy atom. The molecule has 1 amide bonds. The maximum Gasteiger partial charge on any atom is 0.264 e. The van der Waals surface area contributed by atoms with E-state index in [2.05, 4.69) is 21.5 Å². The van der Waals surface area contributed by atoms with Crippen LogP contribution in [0.4, 0.5) is 5.13 Å². The van der Waals surface area contributed by atoms with Gasteiger partial charge in [0.05, 0.1) is 24.4 Å². The van der Waals surface area contributed by atoms with Gasteiger partial charge in [0, 0.05) is 24.2 Å². The summed E-state index contributed by atoms with van der Waals surface area (Å²) >= 11 is 1.32. The number of carbonyl (C=O) groups excluding carboxylic acids is 1. The van der Waals surface area contributed by atoms with Gasteiger partial charge in [-0.05, 0) is 12.1 Å². The highest BCUT2D eigenvalue weighted by Crippen LogP contribution is 2.26. The summed E-state index contributed by atoms with van der Waals surface area (Å²) in [6.45, 7) is 0. The number of aromatic nitrogens is 3. The summed E-state index contributed by atoms with van der Waals surface area (Å²) in [5.41, 5.74) is 2.55. The number of rotatable bonds is 4. The third kappa shape index (κ3) is 3.11. The molecule has 1 N–H and O–H groups in total. The van der Waals surface area contributed by atoms with Crippen molar-refractivity contribution < 1.29 is 9.53 Å². The molecule has 1 aromatic carbocycles. The standard InChI is InChI=1S/C16H13N5O2S/c1-21-8-12(15(20-21)23-2)14(22)19-16-18-13(9-24-16)11-5-3-10(7-17)4-6-11/h3-6,8-9H,1-2H3,(H,18,19,22). The zero-order chi connectivity index (χ0) is 17.1. The van der Waals surface area contributed by atoms with Crippen molar-refractivity contribution in [1.29, 1.82) is 5.26 Å². The summed E-state index contributed by atoms with van der Waals surface area (Å²) in [6, 6.07) is 9.18. The molecule has 0 spiro atoms. The third-order valence-electron chi connectivity index (χ3n) is 3.27. The quantitative estimate of drug-likeness (QED) is 0.789. The predicted molar refractivity (Wildman–Crippen MR) is 90.0 cm³/mol. The molecule has 2 aromatic heterocycles. The maximum atomic E-state index is 12.3. The number of methoxy groups -OCH3 is 1. The van der Waals surface area contributed by atoms with Gasteiger partial charge < -0.3 is 4.74 Å². The highest BCUT2D eigenvalue weighted by atomic mass is 32.1. The average molecular weight is 339 g/mol. The lowest BCUT2D eigenvalue weighted by molar-refractivity contribution is 0.102. The van der Waals surface area contributed by atoms with Crippen molar-refractivity contribution in [2.75, 3.05) is 12.4 Å². The number of hydrogen-bond donors (Lipinski definition) is 1. The fourth-order valence-corrected chi connectivity index (χ4v) is 2.83. The lowest BCUT2D eigenvalue weighted by atomic mass is 10.1. The molecule has 7 nitrogen and oxygen atoms in total. The lowest BCUT2D eigenvalue weighted by Crippen LogP contribution is -2.12. The maximum absolute atomic E-state index is 12.3. The van der Waals surface area contributed by atoms with E-state index >= 15 is 0 Å². The van der Waals surface area contributed by atoms with Gasteiger partial charge in [0.25, 0.3) is 5.91 Å². The van der Waals surface area contributed by atoms with Gasteiger partial charge in [-0.1, -0.05) is 12.1 Å². The van der Waals surface area contributed by atoms with Crippen LogP contribution in [0, 0.1) is 11.3 Å². The molecule has 0 aliphatic heterocycles. The Balaban J connectivity index is 1.78. The molecule has 0 radical (unpaired) electrons. The number of carbonyl (C=O) groups is 1. The molecule has 0 aliphatic rings. The SMILES string of the molecule is COc1nn(C)cc1C(=O)Nc1nc(-c2ccc(C#N)cc2)cs1. The number of benzene rings is 1. The van der Waals surface area contributed by atoms with Crippen LogP contribution in [0.3, 0.4) is 0 Å². The van der Waals surface area contributed by atoms with E-state index in [0.717, 1.165) is 11.3 Å². The molecule has 0 unspecified atom stereocenters. The van der Waals surface area contributed by atoms with E-state index in [-0.39, 0.29) is 11.8 Å². The molecule has 8 heteroatoms. The number of ether oxygens (including phenoxy) is 1. The van der Waals surface area contributed by atoms with Crippen LogP contribution in [-0.4, -0.2) is 27.8 Å². The topological polar surface area (TPSA) is 92.8 Å². The lowest BCUT2D eigenvalue weighted by Gasteiger charge is -2.01. The van der Waals surface area contributed by atoms with Crippen molar-refractivity contribution in [3.63, 3.8) is 0 Å². The number of hydrogen-bond acceptors (Lipinski definition) is 6. The molecular weight excluding hydrogens is 326 g/mol. The van der Waals surface area contributed by atoms with E-state index in [4.69, 9.17) is 10.00 Å². The van der Waals surface area contributed by atoms with Gasteiger partial charge in [-0.15, -0.1) is 16.4 Å². The van der Waals surface area contributed by atoms with Crippen LogP contribution in [0.25, 0.3) is 11.3 Å². The van der Waals surface area contributed by atoms with Crippen LogP contribution in [0.5, 0.6) is 5.88 Å². The molecule has 0 aliphatic carbocycles. The van der Waals surface area contributed by atoms with E-state index in [0.29, 0.717) is 16.3 Å². The van der Waals surface area contributed by atoms with Gasteiger partial charge >= 0.3 is 0 Å². The van der Waals surface area contributed by atoms with Crippen LogP contribution in [-0.2, 0) is 7.05 Å². The van der Waals surface area contributed by atoms with Crippen LogP contribution in [0.1, 0.15) is 15.9 Å². The van der Waals surface area contributed by atoms with Crippen molar-refractivity contribution in [1.82, 2.24) is 14.8 Å². The predicted octanol–water partition coefficient (Wildman–Crippen LogP) is 2.68. The molecule has 0 bridgehead atoms. The van der Waals surface area contributed by atoms with Gasteiger partial charge in [-0.3, -0.25) is 14.8 Å². The molecule has 0 atom stereocenters. The first-order valence-electron chi connectivity index (χ1n) is 6.95. The molecule has 24 heavy (non-hydrogen) atoms. The Bertz CT molecular complexity index is 921. The van der Waals surface area contributed by atoms with Crippen molar-refractivity contribution in [3.8, 4) is 23.2 Å². The fourth-order valence-electron chi connectivity index (χ4n) is 2.12. The van der Waals surface area contributed by atoms with E-state index < -0.39 is 0 Å². The van der Waals surface area contributed by atoms with Gasteiger partial charge in [0.2, 0.25) is 5.88 Å². The normalized spacial score (nSPS) is 10.2. The molecule has 2 heterocycles. The summed E-state index contributed by atoms with van der Waals surface area (Å²) in [6.07, 6.45) is 1.59. The Labute approximate surface area is 142 Å². The number of nitriles is 1. The number of aryl methyl sites for hydroxylation is 1. The highest BCUT2D eigenvalue weighted by Gasteiger charge is 2.17. The first kappa shape index (κ1) is 15.7. The second kappa shape index (κ2) is 6.52. The van der Waals surface area contributed by atoms with Crippen molar-refractivity contribution in [2.24, 2.45) is 7.05 Å². The molecule has 3 rings (SSSR count). The molecule has 120 valence electrons. The average Bonchev–Trinajstić information content (AvgIpc) is 3.21. The Hall–Kier alpha value is -3.18. The van der Waals surface area contributed by atoms with Gasteiger partial charge in [-0.25, -0.2) is 4.98 Å². The first-order chi connectivity index (χ1) is 11.6. The van der Waals surface area contributed by atoms with Crippen molar-refractivity contribution in [2.45, 2.75) is 0 Å². The second-order valence-electron chi connectivity index (χ2n) is 4.91. The van der Waals surface area contributed by atoms with E-state index in [1.54, 1.807) is 25.4 Å². The van der Waals surface area contributed by atoms with E-state index in [1.807, 2.05) is 17.5 Å². The monoisotopic (exact) mass is 339 g/mol. The van der Waals surface area contributed by atoms with Crippen LogP contribution in [0.15, 0.2) is 35.8 Å². The van der Waals surface area contributed by atoms with Crippen LogP contribution >= 0.6 is 11.3 Å². The van der Waals surface area contributed by atoms with Gasteiger partial charge in [0.15, 0.2) is 5.13 Å². The Kier molecular flexibility index (Phi) is 4.26. The summed E-state index contributed by atoms with van der Waals surface area (Å²) in [4.78, 5) is 16.7. The number of nitrogens with one attached hydrogen (secondary N) is 1. The Morgan fingerprint density at radius 1 is 1.38 bits per heavy atom. The number of thiazole rings is 1. The largest absolute Gasteiger partial charge is 0.479 e. The smallest absolute Gasteiger partial charge is 0.264 e. The van der Waals surface area contributed by atoms with Crippen LogP contribution < -0.4 is 10.1 Å². The minimum absolute atomic E-state index is 0.263. The molecule has 0 saturated heterocycles. The number of anilines is 1. The number of nitrogens with zero attached hydrogens (tertiary/aromatic N) is 4. The molecule has 3 aromatic rings. The number of amides is 1. The molecule has 0 fully saturated rings. The van der Waals surface area contributed by atoms with E-state index in [9.17, 15) is 4.79 Å². The zero-order valence-corrected chi connectivity index (χ0v) is 13.8. The summed E-state index contributed by atoms with van der Waals surface area (Å²) < 4.78 is 6.60. The van der Waals surface area contributed by atoms with Crippen molar-refractivity contribution in [3.05, 3.63) is 47.0 Å². The van der Waals surface area contributed by atoms with E-state index in [1.165, 1.54) is 23.1 Å². The fraction of sp³-hybridized carbons (Fsp3) is 0.125. The zero-order valence-electron chi connectivity index (χ0n) is 13.0. The van der Waals surface area contributed by atoms with Gasteiger partial charge in [-0.2, -0.15) is 5.26 Å². The molecule has 0 saturated carbocycles. The molecular formula is C16H13N5O2S. The van der Waals surface area contributed by atoms with Crippen molar-refractivity contribution >= 4 is 22.4 Å². The third-order valence-corrected chi connectivity index (χ3v) is 4.03. The summed E-state index contributed by atoms with van der Waals surface area (Å²) in [5, 5.41) is 17.9. The minimum atomic E-state index is -0.333. The first-order valence-corrected chi connectivity index (χ1v) is 7.83. The highest BCUT2D eigenvalue weighted by molar-refractivity contribution is 7.14. The minimum Gasteiger partial charge on any atom is -0.479 e. The second-order valence-corrected chi connectivity index (χ2v) is 5.76. The van der Waals surface area contributed by atoms with Crippen LogP contribution in [0.2, 0.25) is 0 Å². The van der Waals surface area contributed by atoms with Gasteiger partial charge in [0.1, 0.15) is 5.56 Å². The Morgan fingerprint density at radius 3 is 2.79 bits per heavy atom.